The Kier molecular flexibility index (Phi) is 4.36. The Morgan fingerprint density at radius 3 is 2.68 bits per heavy atom. The Balaban J connectivity index is 2.09. The molecule has 2 heterocycles. The topological polar surface area (TPSA) is 59.8 Å². The molecule has 0 aromatic carbocycles. The first-order chi connectivity index (χ1) is 8.97. The minimum atomic E-state index is -0.407. The maximum absolute atomic E-state index is 12.1. The Bertz CT molecular complexity index is 575. The molecule has 2 rings (SSSR count). The van der Waals surface area contributed by atoms with Crippen molar-refractivity contribution in [1.29, 1.82) is 0 Å². The quantitative estimate of drug-likeness (QED) is 0.878. The average Bonchev–Trinajstić information content (AvgIpc) is 2.71. The van der Waals surface area contributed by atoms with E-state index >= 15 is 0 Å². The van der Waals surface area contributed by atoms with E-state index in [1.165, 1.54) is 0 Å². The summed E-state index contributed by atoms with van der Waals surface area (Å²) >= 11 is 6.67. The van der Waals surface area contributed by atoms with E-state index in [9.17, 15) is 4.79 Å². The highest BCUT2D eigenvalue weighted by Crippen LogP contribution is 2.18. The van der Waals surface area contributed by atoms with Gasteiger partial charge in [-0.15, -0.1) is 0 Å². The van der Waals surface area contributed by atoms with Crippen molar-refractivity contribution < 1.29 is 4.79 Å². The maximum atomic E-state index is 12.1. The molecule has 0 radical (unpaired) electrons. The van der Waals surface area contributed by atoms with Gasteiger partial charge >= 0.3 is 0 Å². The van der Waals surface area contributed by atoms with Crippen molar-refractivity contribution in [3.63, 3.8) is 0 Å². The molecule has 0 spiro atoms. The van der Waals surface area contributed by atoms with Crippen LogP contribution in [-0.4, -0.2) is 20.7 Å². The van der Waals surface area contributed by atoms with Gasteiger partial charge in [0.15, 0.2) is 0 Å². The first kappa shape index (κ1) is 14.2. The molecule has 2 aromatic heterocycles. The van der Waals surface area contributed by atoms with Gasteiger partial charge in [-0.2, -0.15) is 5.10 Å². The number of rotatable bonds is 3. The number of carbonyl (C=O) groups is 1. The van der Waals surface area contributed by atoms with Crippen molar-refractivity contribution in [2.75, 3.05) is 5.32 Å². The summed E-state index contributed by atoms with van der Waals surface area (Å²) in [5.74, 6) is 0.354. The van der Waals surface area contributed by atoms with Crippen molar-refractivity contribution in [2.45, 2.75) is 19.9 Å². The summed E-state index contributed by atoms with van der Waals surface area (Å²) < 4.78 is 3.37. The number of anilines is 1. The van der Waals surface area contributed by atoms with E-state index in [1.54, 1.807) is 30.1 Å². The van der Waals surface area contributed by atoms with Crippen molar-refractivity contribution in [3.05, 3.63) is 39.2 Å². The van der Waals surface area contributed by atoms with Crippen LogP contribution < -0.4 is 5.32 Å². The van der Waals surface area contributed by atoms with Gasteiger partial charge in [-0.05, 0) is 57.8 Å². The normalized spacial score (nSPS) is 12.2. The highest BCUT2D eigenvalue weighted by Gasteiger charge is 2.17. The Morgan fingerprint density at radius 2 is 2.16 bits per heavy atom. The minimum absolute atomic E-state index is 0.162. The van der Waals surface area contributed by atoms with Gasteiger partial charge in [-0.1, -0.05) is 0 Å². The monoisotopic (exact) mass is 386 g/mol. The molecule has 1 unspecified atom stereocenters. The highest BCUT2D eigenvalue weighted by molar-refractivity contribution is 9.10. The van der Waals surface area contributed by atoms with Gasteiger partial charge in [-0.3, -0.25) is 9.48 Å². The molecule has 1 amide bonds. The number of nitrogens with one attached hydrogen (secondary N) is 1. The zero-order valence-electron chi connectivity index (χ0n) is 10.4. The first-order valence-corrected chi connectivity index (χ1v) is 7.19. The van der Waals surface area contributed by atoms with Gasteiger partial charge in [0.1, 0.15) is 11.9 Å². The summed E-state index contributed by atoms with van der Waals surface area (Å²) in [6.07, 6.45) is 3.42. The second-order valence-electron chi connectivity index (χ2n) is 4.07. The van der Waals surface area contributed by atoms with E-state index < -0.39 is 6.04 Å². The fourth-order valence-electron chi connectivity index (χ4n) is 1.46. The van der Waals surface area contributed by atoms with Gasteiger partial charge < -0.3 is 5.32 Å². The number of pyridine rings is 1. The third-order valence-electron chi connectivity index (χ3n) is 2.61. The molecule has 0 aliphatic carbocycles. The third-order valence-corrected chi connectivity index (χ3v) is 3.86. The van der Waals surface area contributed by atoms with Gasteiger partial charge in [0.05, 0.1) is 10.2 Å². The molecular weight excluding hydrogens is 376 g/mol. The van der Waals surface area contributed by atoms with E-state index in [2.05, 4.69) is 47.3 Å². The molecule has 100 valence electrons. The van der Waals surface area contributed by atoms with Crippen LogP contribution in [0.2, 0.25) is 0 Å². The molecule has 5 nitrogen and oxygen atoms in total. The lowest BCUT2D eigenvalue weighted by molar-refractivity contribution is -0.119. The molecule has 0 fully saturated rings. The zero-order valence-corrected chi connectivity index (χ0v) is 13.6. The summed E-state index contributed by atoms with van der Waals surface area (Å²) in [5, 5.41) is 7.02. The summed E-state index contributed by atoms with van der Waals surface area (Å²) in [6.45, 7) is 3.66. The number of nitrogens with zero attached hydrogens (tertiary/aromatic N) is 3. The third kappa shape index (κ3) is 3.42. The predicted molar refractivity (Wildman–Crippen MR) is 79.9 cm³/mol. The number of carbonyl (C=O) groups excluding carboxylic acids is 1. The number of aryl methyl sites for hydroxylation is 1. The smallest absolute Gasteiger partial charge is 0.250 e. The Hall–Kier alpha value is -1.21. The van der Waals surface area contributed by atoms with Crippen LogP contribution in [0.1, 0.15) is 18.7 Å². The van der Waals surface area contributed by atoms with Crippen LogP contribution >= 0.6 is 31.9 Å². The number of hydrogen-bond donors (Lipinski definition) is 1. The molecule has 0 aliphatic heterocycles. The number of halogens is 2. The van der Waals surface area contributed by atoms with Crippen LogP contribution in [0.5, 0.6) is 0 Å². The van der Waals surface area contributed by atoms with Crippen molar-refractivity contribution in [1.82, 2.24) is 14.8 Å². The SMILES string of the molecule is Cc1nn(C(C)C(=O)Nc2ccc(Br)cn2)cc1Br. The van der Waals surface area contributed by atoms with Crippen LogP contribution in [0.25, 0.3) is 0 Å². The number of amides is 1. The summed E-state index contributed by atoms with van der Waals surface area (Å²) in [5.41, 5.74) is 0.849. The zero-order chi connectivity index (χ0) is 14.0. The van der Waals surface area contributed by atoms with E-state index in [1.807, 2.05) is 13.0 Å². The molecule has 7 heteroatoms. The Labute approximate surface area is 127 Å². The highest BCUT2D eigenvalue weighted by atomic mass is 79.9. The molecule has 1 atom stereocenters. The van der Waals surface area contributed by atoms with Crippen molar-refractivity contribution in [2.24, 2.45) is 0 Å². The van der Waals surface area contributed by atoms with Crippen molar-refractivity contribution in [3.8, 4) is 0 Å². The van der Waals surface area contributed by atoms with Crippen LogP contribution in [0.4, 0.5) is 5.82 Å². The molecular formula is C12H12Br2N4O. The summed E-state index contributed by atoms with van der Waals surface area (Å²) in [7, 11) is 0. The second kappa shape index (κ2) is 5.83. The molecule has 1 N–H and O–H groups in total. The number of hydrogen-bond acceptors (Lipinski definition) is 3. The summed E-state index contributed by atoms with van der Waals surface area (Å²) in [4.78, 5) is 16.2. The molecule has 0 aliphatic rings. The van der Waals surface area contributed by atoms with E-state index in [4.69, 9.17) is 0 Å². The van der Waals surface area contributed by atoms with E-state index in [0.29, 0.717) is 5.82 Å². The first-order valence-electron chi connectivity index (χ1n) is 5.61. The van der Waals surface area contributed by atoms with E-state index in [0.717, 1.165) is 14.6 Å². The average molecular weight is 388 g/mol. The van der Waals surface area contributed by atoms with Crippen LogP contribution in [-0.2, 0) is 4.79 Å². The maximum Gasteiger partial charge on any atom is 0.250 e. The molecule has 2 aromatic rings. The lowest BCUT2D eigenvalue weighted by Crippen LogP contribution is -2.24. The molecule has 0 saturated carbocycles. The summed E-state index contributed by atoms with van der Waals surface area (Å²) in [6, 6.07) is 3.15. The number of aromatic nitrogens is 3. The second-order valence-corrected chi connectivity index (χ2v) is 5.84. The largest absolute Gasteiger partial charge is 0.309 e. The van der Waals surface area contributed by atoms with Crippen LogP contribution in [0, 0.1) is 6.92 Å². The predicted octanol–water partition coefficient (Wildman–Crippen LogP) is 3.31. The van der Waals surface area contributed by atoms with Gasteiger partial charge in [0, 0.05) is 16.9 Å². The van der Waals surface area contributed by atoms with E-state index in [-0.39, 0.29) is 5.91 Å². The van der Waals surface area contributed by atoms with Crippen molar-refractivity contribution >= 4 is 43.6 Å². The molecule has 19 heavy (non-hydrogen) atoms. The minimum Gasteiger partial charge on any atom is -0.309 e. The Morgan fingerprint density at radius 1 is 1.42 bits per heavy atom. The fraction of sp³-hybridized carbons (Fsp3) is 0.250. The standard InChI is InChI=1S/C12H12Br2N4O/c1-7-10(14)6-18(17-7)8(2)12(19)16-11-4-3-9(13)5-15-11/h3-6,8H,1-2H3,(H,15,16,19). The van der Waals surface area contributed by atoms with Gasteiger partial charge in [0.2, 0.25) is 5.91 Å². The van der Waals surface area contributed by atoms with Crippen LogP contribution in [0.15, 0.2) is 33.5 Å². The lowest BCUT2D eigenvalue weighted by atomic mass is 10.3. The molecule has 0 saturated heterocycles. The fourth-order valence-corrected chi connectivity index (χ4v) is 1.98. The van der Waals surface area contributed by atoms with Gasteiger partial charge in [-0.25, -0.2) is 4.98 Å². The lowest BCUT2D eigenvalue weighted by Gasteiger charge is -2.12. The van der Waals surface area contributed by atoms with Gasteiger partial charge in [0.25, 0.3) is 0 Å². The van der Waals surface area contributed by atoms with Crippen LogP contribution in [0.3, 0.4) is 0 Å². The molecule has 0 bridgehead atoms.